The van der Waals surface area contributed by atoms with Crippen molar-refractivity contribution in [1.82, 2.24) is 9.13 Å². The minimum Gasteiger partial charge on any atom is -0.456 e. The minimum absolute atomic E-state index is 0.823. The Morgan fingerprint density at radius 1 is 0.326 bits per heavy atom. The predicted octanol–water partition coefficient (Wildman–Crippen LogP) is 11.7. The normalized spacial score (nSPS) is 12.3. The van der Waals surface area contributed by atoms with Crippen molar-refractivity contribution < 1.29 is 8.83 Å². The smallest absolute Gasteiger partial charge is 0.147 e. The third-order valence-corrected chi connectivity index (χ3v) is 9.71. The van der Waals surface area contributed by atoms with E-state index in [-0.39, 0.29) is 0 Å². The van der Waals surface area contributed by atoms with Gasteiger partial charge in [-0.25, -0.2) is 0 Å². The second-order valence-electron chi connectivity index (χ2n) is 12.1. The quantitative estimate of drug-likeness (QED) is 0.201. The van der Waals surface area contributed by atoms with Crippen LogP contribution in [-0.4, -0.2) is 9.13 Å². The molecule has 214 valence electrons. The van der Waals surface area contributed by atoms with Gasteiger partial charge in [0.2, 0.25) is 0 Å². The van der Waals surface area contributed by atoms with Crippen molar-refractivity contribution in [1.29, 1.82) is 0 Å². The van der Waals surface area contributed by atoms with E-state index >= 15 is 0 Å². The highest BCUT2D eigenvalue weighted by atomic mass is 16.3. The zero-order valence-corrected chi connectivity index (χ0v) is 24.6. The maximum Gasteiger partial charge on any atom is 0.147 e. The molecule has 11 aromatic rings. The molecule has 0 atom stereocenters. The molecule has 0 aliphatic carbocycles. The first-order chi connectivity index (χ1) is 22.8. The number of fused-ring (bicyclic) bond motifs is 13. The van der Waals surface area contributed by atoms with Crippen molar-refractivity contribution in [2.45, 2.75) is 0 Å². The van der Waals surface area contributed by atoms with Crippen LogP contribution >= 0.6 is 0 Å². The Morgan fingerprint density at radius 2 is 0.761 bits per heavy atom. The van der Waals surface area contributed by atoms with E-state index in [9.17, 15) is 0 Å². The molecule has 0 amide bonds. The lowest BCUT2D eigenvalue weighted by atomic mass is 10.1. The van der Waals surface area contributed by atoms with E-state index in [1.54, 1.807) is 0 Å². The van der Waals surface area contributed by atoms with E-state index in [0.717, 1.165) is 55.3 Å². The lowest BCUT2D eigenvalue weighted by molar-refractivity contribution is 0.662. The first kappa shape index (κ1) is 24.1. The number of hydrogen-bond donors (Lipinski definition) is 0. The molecule has 11 rings (SSSR count). The first-order valence-electron chi connectivity index (χ1n) is 15.6. The maximum atomic E-state index is 6.67. The van der Waals surface area contributed by atoms with Crippen LogP contribution in [0, 0.1) is 0 Å². The van der Waals surface area contributed by atoms with Gasteiger partial charge in [-0.15, -0.1) is 0 Å². The molecule has 0 aliphatic heterocycles. The predicted molar refractivity (Wildman–Crippen MR) is 190 cm³/mol. The van der Waals surface area contributed by atoms with E-state index in [2.05, 4.69) is 155 Å². The molecule has 4 heteroatoms. The third kappa shape index (κ3) is 3.07. The number of para-hydroxylation sites is 4. The SMILES string of the molecule is c1ccc2c(c1)c1ccccc1n2-c1ccc2oc3c(ccc4oc5ccc(-n6c7ccccc7c7ccccc76)cc5c43)c2c1. The molecule has 4 heterocycles. The summed E-state index contributed by atoms with van der Waals surface area (Å²) in [5, 5.41) is 9.20. The summed E-state index contributed by atoms with van der Waals surface area (Å²) < 4.78 is 17.8. The lowest BCUT2D eigenvalue weighted by Crippen LogP contribution is -1.93. The highest BCUT2D eigenvalue weighted by Crippen LogP contribution is 2.42. The van der Waals surface area contributed by atoms with E-state index < -0.39 is 0 Å². The zero-order chi connectivity index (χ0) is 29.9. The second kappa shape index (κ2) is 8.68. The fraction of sp³-hybridized carbons (Fsp3) is 0. The van der Waals surface area contributed by atoms with Crippen molar-refractivity contribution in [3.8, 4) is 11.4 Å². The van der Waals surface area contributed by atoms with Gasteiger partial charge in [0.1, 0.15) is 22.3 Å². The summed E-state index contributed by atoms with van der Waals surface area (Å²) >= 11 is 0. The molecule has 46 heavy (non-hydrogen) atoms. The highest BCUT2D eigenvalue weighted by Gasteiger charge is 2.19. The monoisotopic (exact) mass is 588 g/mol. The number of benzene rings is 7. The summed E-state index contributed by atoms with van der Waals surface area (Å²) in [6, 6.07) is 51.7. The molecule has 0 radical (unpaired) electrons. The van der Waals surface area contributed by atoms with Crippen molar-refractivity contribution in [2.75, 3.05) is 0 Å². The Hall–Kier alpha value is -6.26. The van der Waals surface area contributed by atoms with Gasteiger partial charge in [-0.05, 0) is 72.8 Å². The van der Waals surface area contributed by atoms with Gasteiger partial charge in [0, 0.05) is 49.1 Å². The van der Waals surface area contributed by atoms with Gasteiger partial charge in [-0.3, -0.25) is 0 Å². The highest BCUT2D eigenvalue weighted by molar-refractivity contribution is 6.22. The standard InChI is InChI=1S/C42H24N2O2/c1-5-13-34-27(9-1)28-10-2-6-14-35(28)43(34)25-17-20-38-32(23-25)31-19-22-40-41(42(31)46-38)33-24-26(18-21-39(33)45-40)44-36-15-7-3-11-29(36)30-12-4-8-16-37(30)44/h1-24H. The van der Waals surface area contributed by atoms with Crippen LogP contribution in [-0.2, 0) is 0 Å². The van der Waals surface area contributed by atoms with Gasteiger partial charge in [0.05, 0.1) is 27.5 Å². The first-order valence-corrected chi connectivity index (χ1v) is 15.6. The molecule has 0 spiro atoms. The molecule has 0 aliphatic rings. The van der Waals surface area contributed by atoms with Crippen LogP contribution in [0.3, 0.4) is 0 Å². The van der Waals surface area contributed by atoms with Gasteiger partial charge in [0.25, 0.3) is 0 Å². The van der Waals surface area contributed by atoms with Crippen LogP contribution in [0.1, 0.15) is 0 Å². The van der Waals surface area contributed by atoms with Crippen LogP contribution in [0.2, 0.25) is 0 Å². The van der Waals surface area contributed by atoms with Crippen LogP contribution in [0.4, 0.5) is 0 Å². The number of rotatable bonds is 2. The Balaban J connectivity index is 1.17. The van der Waals surface area contributed by atoms with Gasteiger partial charge >= 0.3 is 0 Å². The minimum atomic E-state index is 0.823. The molecule has 0 saturated carbocycles. The van der Waals surface area contributed by atoms with E-state index in [4.69, 9.17) is 8.83 Å². The number of nitrogens with zero attached hydrogens (tertiary/aromatic N) is 2. The van der Waals surface area contributed by atoms with Crippen molar-refractivity contribution in [2.24, 2.45) is 0 Å². The van der Waals surface area contributed by atoms with Crippen molar-refractivity contribution >= 4 is 87.5 Å². The van der Waals surface area contributed by atoms with Crippen LogP contribution in [0.15, 0.2) is 154 Å². The largest absolute Gasteiger partial charge is 0.456 e. The zero-order valence-electron chi connectivity index (χ0n) is 24.6. The average molecular weight is 589 g/mol. The van der Waals surface area contributed by atoms with Gasteiger partial charge in [-0.2, -0.15) is 0 Å². The maximum absolute atomic E-state index is 6.67. The average Bonchev–Trinajstić information content (AvgIpc) is 3.85. The molecule has 7 aromatic carbocycles. The molecule has 0 N–H and O–H groups in total. The van der Waals surface area contributed by atoms with Crippen LogP contribution < -0.4 is 0 Å². The lowest BCUT2D eigenvalue weighted by Gasteiger charge is -2.08. The molecule has 0 fully saturated rings. The summed E-state index contributed by atoms with van der Waals surface area (Å²) in [4.78, 5) is 0. The van der Waals surface area contributed by atoms with Crippen LogP contribution in [0.5, 0.6) is 0 Å². The van der Waals surface area contributed by atoms with Gasteiger partial charge in [0.15, 0.2) is 0 Å². The summed E-state index contributed by atoms with van der Waals surface area (Å²) in [6.07, 6.45) is 0. The fourth-order valence-corrected chi connectivity index (χ4v) is 7.75. The molecule has 0 bridgehead atoms. The number of aromatic nitrogens is 2. The molecule has 0 saturated heterocycles. The summed E-state index contributed by atoms with van der Waals surface area (Å²) in [5.41, 5.74) is 10.3. The van der Waals surface area contributed by atoms with E-state index in [1.165, 1.54) is 43.6 Å². The topological polar surface area (TPSA) is 36.1 Å². The third-order valence-electron chi connectivity index (χ3n) is 9.71. The van der Waals surface area contributed by atoms with Gasteiger partial charge in [-0.1, -0.05) is 72.8 Å². The summed E-state index contributed by atoms with van der Waals surface area (Å²) in [7, 11) is 0. The van der Waals surface area contributed by atoms with Crippen LogP contribution in [0.25, 0.3) is 98.9 Å². The van der Waals surface area contributed by atoms with Crippen molar-refractivity contribution in [3.63, 3.8) is 0 Å². The fourth-order valence-electron chi connectivity index (χ4n) is 7.75. The van der Waals surface area contributed by atoms with Gasteiger partial charge < -0.3 is 18.0 Å². The molecule has 4 aromatic heterocycles. The van der Waals surface area contributed by atoms with Crippen molar-refractivity contribution in [3.05, 3.63) is 146 Å². The Bertz CT molecular complexity index is 2930. The Kier molecular flexibility index (Phi) is 4.55. The molecule has 0 unspecified atom stereocenters. The molecule has 4 nitrogen and oxygen atoms in total. The number of hydrogen-bond acceptors (Lipinski definition) is 2. The Labute approximate surface area is 261 Å². The summed E-state index contributed by atoms with van der Waals surface area (Å²) in [5.74, 6) is 0. The molecular weight excluding hydrogens is 564 g/mol. The summed E-state index contributed by atoms with van der Waals surface area (Å²) in [6.45, 7) is 0. The van der Waals surface area contributed by atoms with E-state index in [0.29, 0.717) is 0 Å². The molecular formula is C42H24N2O2. The number of furan rings is 2. The van der Waals surface area contributed by atoms with E-state index in [1.807, 2.05) is 0 Å². The second-order valence-corrected chi connectivity index (χ2v) is 12.1. The Morgan fingerprint density at radius 3 is 1.28 bits per heavy atom.